The molecule has 80 valence electrons. The summed E-state index contributed by atoms with van der Waals surface area (Å²) in [7, 11) is 0. The van der Waals surface area contributed by atoms with Crippen molar-refractivity contribution in [3.63, 3.8) is 0 Å². The molecule has 3 rings (SSSR count). The molecule has 2 bridgehead atoms. The van der Waals surface area contributed by atoms with Crippen molar-refractivity contribution in [3.8, 4) is 0 Å². The van der Waals surface area contributed by atoms with Crippen LogP contribution in [0.1, 0.15) is 52.4 Å². The lowest BCUT2D eigenvalue weighted by Crippen LogP contribution is -2.47. The van der Waals surface area contributed by atoms with E-state index < -0.39 is 0 Å². The van der Waals surface area contributed by atoms with Crippen LogP contribution in [0.4, 0.5) is 0 Å². The van der Waals surface area contributed by atoms with Crippen LogP contribution in [0.3, 0.4) is 0 Å². The van der Waals surface area contributed by atoms with E-state index in [-0.39, 0.29) is 5.54 Å². The van der Waals surface area contributed by atoms with Crippen LogP contribution in [0.25, 0.3) is 0 Å². The van der Waals surface area contributed by atoms with E-state index in [1.54, 1.807) is 0 Å². The normalized spacial score (nSPS) is 44.4. The van der Waals surface area contributed by atoms with Crippen molar-refractivity contribution in [2.75, 3.05) is 0 Å². The lowest BCUT2D eigenvalue weighted by atomic mass is 9.68. The molecule has 0 aromatic heterocycles. The van der Waals surface area contributed by atoms with Crippen LogP contribution in [0, 0.1) is 23.2 Å². The first-order chi connectivity index (χ1) is 6.53. The summed E-state index contributed by atoms with van der Waals surface area (Å²) in [5.74, 6) is 3.11. The smallest absolute Gasteiger partial charge is 0.0156 e. The summed E-state index contributed by atoms with van der Waals surface area (Å²) in [6.45, 7) is 4.51. The van der Waals surface area contributed by atoms with Crippen molar-refractivity contribution in [2.45, 2.75) is 57.9 Å². The Hall–Kier alpha value is -0.0400. The van der Waals surface area contributed by atoms with Gasteiger partial charge >= 0.3 is 0 Å². The van der Waals surface area contributed by atoms with E-state index in [9.17, 15) is 0 Å². The number of hydrogen-bond donors (Lipinski definition) is 1. The zero-order valence-corrected chi connectivity index (χ0v) is 9.55. The molecule has 0 aromatic rings. The van der Waals surface area contributed by atoms with E-state index >= 15 is 0 Å². The topological polar surface area (TPSA) is 26.0 Å². The summed E-state index contributed by atoms with van der Waals surface area (Å²) in [5, 5.41) is 0. The summed E-state index contributed by atoms with van der Waals surface area (Å²) in [5.41, 5.74) is 7.01. The third kappa shape index (κ3) is 1.05. The first-order valence-corrected chi connectivity index (χ1v) is 6.32. The maximum Gasteiger partial charge on any atom is 0.0156 e. The molecular weight excluding hydrogens is 170 g/mol. The van der Waals surface area contributed by atoms with E-state index in [0.29, 0.717) is 5.41 Å². The van der Waals surface area contributed by atoms with Gasteiger partial charge in [0.15, 0.2) is 0 Å². The highest BCUT2D eigenvalue weighted by Crippen LogP contribution is 2.67. The molecule has 3 saturated carbocycles. The zero-order chi connectivity index (χ0) is 9.97. The molecule has 0 aromatic carbocycles. The Morgan fingerprint density at radius 1 is 1.14 bits per heavy atom. The van der Waals surface area contributed by atoms with Gasteiger partial charge < -0.3 is 5.73 Å². The summed E-state index contributed by atoms with van der Waals surface area (Å²) < 4.78 is 0. The fourth-order valence-electron chi connectivity index (χ4n) is 4.55. The standard InChI is InChI=1S/C13H23N/c1-12(2,14)13(5-6-13)11-8-9-3-4-10(11)7-9/h9-11H,3-8,14H2,1-2H3. The lowest BCUT2D eigenvalue weighted by Gasteiger charge is -2.40. The zero-order valence-electron chi connectivity index (χ0n) is 9.55. The predicted molar refractivity (Wildman–Crippen MR) is 58.9 cm³/mol. The summed E-state index contributed by atoms with van der Waals surface area (Å²) in [4.78, 5) is 0. The highest BCUT2D eigenvalue weighted by Gasteiger charge is 2.61. The van der Waals surface area contributed by atoms with Crippen molar-refractivity contribution >= 4 is 0 Å². The van der Waals surface area contributed by atoms with Gasteiger partial charge in [0, 0.05) is 5.54 Å². The second kappa shape index (κ2) is 2.55. The minimum atomic E-state index is 0.0716. The average molecular weight is 193 g/mol. The van der Waals surface area contributed by atoms with Gasteiger partial charge in [0.05, 0.1) is 0 Å². The number of hydrogen-bond acceptors (Lipinski definition) is 1. The fraction of sp³-hybridized carbons (Fsp3) is 1.00. The number of rotatable bonds is 2. The SMILES string of the molecule is CC(C)(N)C1(C2CC3CCC2C3)CC1. The summed E-state index contributed by atoms with van der Waals surface area (Å²) in [6, 6.07) is 0. The molecule has 2 N–H and O–H groups in total. The van der Waals surface area contributed by atoms with Crippen LogP contribution < -0.4 is 5.73 Å². The van der Waals surface area contributed by atoms with Gasteiger partial charge in [-0.25, -0.2) is 0 Å². The maximum atomic E-state index is 6.39. The Kier molecular flexibility index (Phi) is 1.68. The number of fused-ring (bicyclic) bond motifs is 2. The van der Waals surface area contributed by atoms with Gasteiger partial charge in [0.1, 0.15) is 0 Å². The first-order valence-electron chi connectivity index (χ1n) is 6.32. The molecule has 3 aliphatic carbocycles. The van der Waals surface area contributed by atoms with Crippen molar-refractivity contribution in [1.29, 1.82) is 0 Å². The lowest BCUT2D eigenvalue weighted by molar-refractivity contribution is 0.132. The molecule has 1 heteroatoms. The van der Waals surface area contributed by atoms with Crippen LogP contribution >= 0.6 is 0 Å². The molecule has 3 atom stereocenters. The third-order valence-electron chi connectivity index (χ3n) is 5.52. The first kappa shape index (κ1) is 9.21. The quantitative estimate of drug-likeness (QED) is 0.717. The molecule has 0 radical (unpaired) electrons. The van der Waals surface area contributed by atoms with Crippen molar-refractivity contribution in [3.05, 3.63) is 0 Å². The van der Waals surface area contributed by atoms with Crippen molar-refractivity contribution in [1.82, 2.24) is 0 Å². The average Bonchev–Trinajstić information content (AvgIpc) is 2.67. The summed E-state index contributed by atoms with van der Waals surface area (Å²) in [6.07, 6.45) is 8.87. The molecular formula is C13H23N. The molecule has 0 saturated heterocycles. The third-order valence-corrected chi connectivity index (χ3v) is 5.52. The van der Waals surface area contributed by atoms with Crippen LogP contribution in [-0.2, 0) is 0 Å². The Morgan fingerprint density at radius 3 is 2.21 bits per heavy atom. The van der Waals surface area contributed by atoms with E-state index in [0.717, 1.165) is 17.8 Å². The minimum Gasteiger partial charge on any atom is -0.325 e. The van der Waals surface area contributed by atoms with E-state index in [2.05, 4.69) is 13.8 Å². The van der Waals surface area contributed by atoms with Crippen LogP contribution in [0.5, 0.6) is 0 Å². The fourth-order valence-corrected chi connectivity index (χ4v) is 4.55. The molecule has 3 unspecified atom stereocenters. The van der Waals surface area contributed by atoms with Gasteiger partial charge in [-0.05, 0) is 69.1 Å². The van der Waals surface area contributed by atoms with Crippen LogP contribution in [0.2, 0.25) is 0 Å². The molecule has 1 nitrogen and oxygen atoms in total. The van der Waals surface area contributed by atoms with Gasteiger partial charge in [-0.15, -0.1) is 0 Å². The van der Waals surface area contributed by atoms with Gasteiger partial charge in [0.2, 0.25) is 0 Å². The molecule has 0 heterocycles. The second-order valence-corrected chi connectivity index (χ2v) is 6.66. The van der Waals surface area contributed by atoms with Crippen molar-refractivity contribution < 1.29 is 0 Å². The molecule has 3 fully saturated rings. The Balaban J connectivity index is 1.83. The molecule has 0 spiro atoms. The molecule has 0 amide bonds. The highest BCUT2D eigenvalue weighted by atomic mass is 14.8. The van der Waals surface area contributed by atoms with Gasteiger partial charge in [-0.1, -0.05) is 6.42 Å². The number of nitrogens with two attached hydrogens (primary N) is 1. The minimum absolute atomic E-state index is 0.0716. The van der Waals surface area contributed by atoms with Gasteiger partial charge in [-0.2, -0.15) is 0 Å². The largest absolute Gasteiger partial charge is 0.325 e. The van der Waals surface area contributed by atoms with Crippen LogP contribution in [0.15, 0.2) is 0 Å². The molecule has 0 aliphatic heterocycles. The van der Waals surface area contributed by atoms with E-state index in [4.69, 9.17) is 5.73 Å². The monoisotopic (exact) mass is 193 g/mol. The van der Waals surface area contributed by atoms with Gasteiger partial charge in [0.25, 0.3) is 0 Å². The molecule has 14 heavy (non-hydrogen) atoms. The van der Waals surface area contributed by atoms with E-state index in [1.165, 1.54) is 38.5 Å². The maximum absolute atomic E-state index is 6.39. The Morgan fingerprint density at radius 2 is 1.86 bits per heavy atom. The Bertz CT molecular complexity index is 246. The van der Waals surface area contributed by atoms with Crippen LogP contribution in [-0.4, -0.2) is 5.54 Å². The molecule has 3 aliphatic rings. The Labute approximate surface area is 87.4 Å². The van der Waals surface area contributed by atoms with Crippen molar-refractivity contribution in [2.24, 2.45) is 28.9 Å². The summed E-state index contributed by atoms with van der Waals surface area (Å²) >= 11 is 0. The van der Waals surface area contributed by atoms with E-state index in [1.807, 2.05) is 0 Å². The van der Waals surface area contributed by atoms with Gasteiger partial charge in [-0.3, -0.25) is 0 Å². The predicted octanol–water partition coefficient (Wildman–Crippen LogP) is 2.94. The highest BCUT2D eigenvalue weighted by molar-refractivity contribution is 5.14. The second-order valence-electron chi connectivity index (χ2n) is 6.66.